The van der Waals surface area contributed by atoms with Crippen molar-refractivity contribution in [3.63, 3.8) is 0 Å². The molecule has 0 radical (unpaired) electrons. The Hall–Kier alpha value is -2.21. The molecule has 13 heteroatoms. The molecular weight excluding hydrogens is 473 g/mol. The first-order chi connectivity index (χ1) is 15.1. The minimum absolute atomic E-state index is 0.0251. The summed E-state index contributed by atoms with van der Waals surface area (Å²) in [6.07, 6.45) is -5.48. The minimum atomic E-state index is -5.08. The predicted molar refractivity (Wildman–Crippen MR) is 114 cm³/mol. The largest absolute Gasteiger partial charge is 0.490 e. The second-order valence-electron chi connectivity index (χ2n) is 9.02. The number of alkyl halides is 4. The molecule has 1 fully saturated rings. The van der Waals surface area contributed by atoms with Crippen LogP contribution in [0.15, 0.2) is 0 Å². The highest BCUT2D eigenvalue weighted by Gasteiger charge is 2.38. The van der Waals surface area contributed by atoms with Gasteiger partial charge in [-0.25, -0.2) is 23.1 Å². The van der Waals surface area contributed by atoms with E-state index in [-0.39, 0.29) is 17.0 Å². The summed E-state index contributed by atoms with van der Waals surface area (Å²) in [6.45, 7) is 10.8. The molecule has 3 rings (SSSR count). The summed E-state index contributed by atoms with van der Waals surface area (Å²) < 4.78 is 62.4. The number of rotatable bonds is 3. The molecule has 0 saturated carbocycles. The van der Waals surface area contributed by atoms with Crippen LogP contribution in [0.5, 0.6) is 0 Å². The van der Waals surface area contributed by atoms with E-state index in [1.54, 1.807) is 0 Å². The molecule has 7 nitrogen and oxygen atoms in total. The molecule has 2 atom stereocenters. The Bertz CT molecular complexity index is 1000. The number of carboxylic acid groups (broad SMARTS) is 1. The van der Waals surface area contributed by atoms with Crippen LogP contribution in [0.4, 0.5) is 27.9 Å². The quantitative estimate of drug-likeness (QED) is 0.531. The van der Waals surface area contributed by atoms with Crippen LogP contribution in [0.3, 0.4) is 0 Å². The van der Waals surface area contributed by atoms with Crippen molar-refractivity contribution < 1.29 is 31.9 Å². The van der Waals surface area contributed by atoms with Crippen molar-refractivity contribution in [1.29, 1.82) is 0 Å². The van der Waals surface area contributed by atoms with Crippen LogP contribution < -0.4 is 10.6 Å². The molecule has 1 aliphatic rings. The van der Waals surface area contributed by atoms with E-state index in [1.165, 1.54) is 4.52 Å². The number of aliphatic carboxylic acids is 1. The van der Waals surface area contributed by atoms with Gasteiger partial charge in [-0.2, -0.15) is 13.2 Å². The van der Waals surface area contributed by atoms with Gasteiger partial charge in [0, 0.05) is 12.0 Å². The van der Waals surface area contributed by atoms with E-state index in [0.717, 1.165) is 6.54 Å². The highest BCUT2D eigenvalue weighted by Crippen LogP contribution is 2.36. The van der Waals surface area contributed by atoms with Gasteiger partial charge in [0.05, 0.1) is 17.4 Å². The van der Waals surface area contributed by atoms with E-state index < -0.39 is 29.5 Å². The summed E-state index contributed by atoms with van der Waals surface area (Å²) in [7, 11) is 0. The zero-order valence-electron chi connectivity index (χ0n) is 18.8. The van der Waals surface area contributed by atoms with Crippen LogP contribution in [-0.2, 0) is 10.2 Å². The van der Waals surface area contributed by atoms with E-state index in [1.807, 2.05) is 34.6 Å². The van der Waals surface area contributed by atoms with Gasteiger partial charge in [-0.1, -0.05) is 46.2 Å². The second kappa shape index (κ2) is 9.96. The van der Waals surface area contributed by atoms with Crippen LogP contribution in [0.2, 0.25) is 5.02 Å². The van der Waals surface area contributed by atoms with E-state index in [9.17, 15) is 22.0 Å². The van der Waals surface area contributed by atoms with Gasteiger partial charge < -0.3 is 15.7 Å². The van der Waals surface area contributed by atoms with E-state index in [0.29, 0.717) is 35.8 Å². The Morgan fingerprint density at radius 1 is 1.30 bits per heavy atom. The van der Waals surface area contributed by atoms with Gasteiger partial charge in [-0.15, -0.1) is 5.10 Å². The van der Waals surface area contributed by atoms with Crippen LogP contribution >= 0.6 is 11.6 Å². The Morgan fingerprint density at radius 2 is 1.88 bits per heavy atom. The third kappa shape index (κ3) is 6.23. The summed E-state index contributed by atoms with van der Waals surface area (Å²) in [5, 5.41) is 17.8. The predicted octanol–water partition coefficient (Wildman–Crippen LogP) is 4.69. The average molecular weight is 500 g/mol. The van der Waals surface area contributed by atoms with Crippen molar-refractivity contribution in [1.82, 2.24) is 19.9 Å². The molecule has 0 spiro atoms. The SMILES string of the molecule is CC(C)c1c(Cl)c(F)c2c(C(C)(C)C)nc(N[C@@H]3CCNC[C@H]3F)nn12.O=C(O)C(F)(F)F. The molecule has 33 heavy (non-hydrogen) atoms. The number of carbonyl (C=O) groups is 1. The Morgan fingerprint density at radius 3 is 2.33 bits per heavy atom. The molecule has 0 aliphatic carbocycles. The molecule has 186 valence electrons. The van der Waals surface area contributed by atoms with Gasteiger partial charge in [0.15, 0.2) is 5.82 Å². The molecule has 3 N–H and O–H groups in total. The number of hydrogen-bond donors (Lipinski definition) is 3. The zero-order chi connectivity index (χ0) is 25.3. The number of piperidine rings is 1. The normalized spacial score (nSPS) is 19.4. The highest BCUT2D eigenvalue weighted by atomic mass is 35.5. The third-order valence-corrected chi connectivity index (χ3v) is 5.28. The van der Waals surface area contributed by atoms with Crippen LogP contribution in [0.1, 0.15) is 58.3 Å². The first-order valence-corrected chi connectivity index (χ1v) is 10.6. The number of nitrogens with zero attached hydrogens (tertiary/aromatic N) is 3. The van der Waals surface area contributed by atoms with Crippen molar-refractivity contribution in [2.75, 3.05) is 18.4 Å². The van der Waals surface area contributed by atoms with Gasteiger partial charge in [0.25, 0.3) is 0 Å². The second-order valence-corrected chi connectivity index (χ2v) is 9.40. The molecule has 2 aromatic rings. The van der Waals surface area contributed by atoms with Crippen LogP contribution in [0.25, 0.3) is 5.52 Å². The van der Waals surface area contributed by atoms with E-state index in [4.69, 9.17) is 21.5 Å². The fraction of sp³-hybridized carbons (Fsp3) is 0.650. The molecule has 3 heterocycles. The number of anilines is 1. The summed E-state index contributed by atoms with van der Waals surface area (Å²) >= 11 is 6.27. The fourth-order valence-corrected chi connectivity index (χ4v) is 3.73. The summed E-state index contributed by atoms with van der Waals surface area (Å²) in [5.41, 5.74) is 1.00. The molecule has 2 aromatic heterocycles. The first-order valence-electron chi connectivity index (χ1n) is 10.2. The fourth-order valence-electron chi connectivity index (χ4n) is 3.34. The van der Waals surface area contributed by atoms with Gasteiger partial charge in [-0.3, -0.25) is 0 Å². The van der Waals surface area contributed by atoms with Gasteiger partial charge in [0.1, 0.15) is 16.7 Å². The van der Waals surface area contributed by atoms with Crippen molar-refractivity contribution in [2.45, 2.75) is 70.8 Å². The molecular formula is C20H27ClF5N5O2. The molecule has 0 unspecified atom stereocenters. The Kier molecular flexibility index (Phi) is 8.16. The number of carboxylic acids is 1. The van der Waals surface area contributed by atoms with Crippen molar-refractivity contribution in [3.05, 3.63) is 22.2 Å². The number of nitrogens with one attached hydrogen (secondary N) is 2. The summed E-state index contributed by atoms with van der Waals surface area (Å²) in [5.74, 6) is -2.99. The molecule has 1 saturated heterocycles. The lowest BCUT2D eigenvalue weighted by Crippen LogP contribution is -2.45. The van der Waals surface area contributed by atoms with Crippen molar-refractivity contribution in [2.24, 2.45) is 0 Å². The van der Waals surface area contributed by atoms with E-state index >= 15 is 0 Å². The Labute approximate surface area is 192 Å². The lowest BCUT2D eigenvalue weighted by molar-refractivity contribution is -0.192. The van der Waals surface area contributed by atoms with E-state index in [2.05, 4.69) is 20.7 Å². The van der Waals surface area contributed by atoms with Gasteiger partial charge in [0.2, 0.25) is 5.95 Å². The maximum Gasteiger partial charge on any atom is 0.490 e. The van der Waals surface area contributed by atoms with Crippen LogP contribution in [0, 0.1) is 5.82 Å². The molecule has 1 aliphatic heterocycles. The zero-order valence-corrected chi connectivity index (χ0v) is 19.6. The lowest BCUT2D eigenvalue weighted by atomic mass is 9.91. The summed E-state index contributed by atoms with van der Waals surface area (Å²) in [6, 6.07) is -0.375. The number of fused-ring (bicyclic) bond motifs is 1. The van der Waals surface area contributed by atoms with Crippen LogP contribution in [-0.4, -0.2) is 57.2 Å². The van der Waals surface area contributed by atoms with Crippen molar-refractivity contribution in [3.8, 4) is 0 Å². The number of aromatic nitrogens is 3. The maximum atomic E-state index is 14.9. The van der Waals surface area contributed by atoms with Gasteiger partial charge in [-0.05, 0) is 18.9 Å². The highest BCUT2D eigenvalue weighted by molar-refractivity contribution is 6.32. The standard InChI is InChI=1S/C18H26ClF2N5.C2HF3O2/c1-9(2)14-12(19)13(21)15-16(18(3,4)5)24-17(25-26(14)15)23-11-6-7-22-8-10(11)20;3-2(4,5)1(6)7/h9-11,22H,6-8H2,1-5H3,(H,23,25);(H,6,7)/t10-,11-;/m1./s1. The third-order valence-electron chi connectivity index (χ3n) is 4.92. The van der Waals surface area contributed by atoms with Gasteiger partial charge >= 0.3 is 12.1 Å². The molecule has 0 aromatic carbocycles. The number of halogens is 6. The molecule has 0 amide bonds. The lowest BCUT2D eigenvalue weighted by Gasteiger charge is -2.28. The molecule has 0 bridgehead atoms. The average Bonchev–Trinajstić information content (AvgIpc) is 2.92. The Balaban J connectivity index is 0.000000479. The summed E-state index contributed by atoms with van der Waals surface area (Å²) in [4.78, 5) is 13.4. The monoisotopic (exact) mass is 499 g/mol. The minimum Gasteiger partial charge on any atom is -0.475 e. The van der Waals surface area contributed by atoms with Crippen molar-refractivity contribution >= 4 is 29.0 Å². The maximum absolute atomic E-state index is 14.9. The smallest absolute Gasteiger partial charge is 0.475 e. The topological polar surface area (TPSA) is 91.5 Å². The number of hydrogen-bond acceptors (Lipinski definition) is 5. The first kappa shape index (κ1) is 27.0.